The van der Waals surface area contributed by atoms with Crippen LogP contribution in [-0.4, -0.2) is 5.11 Å². The maximum atomic E-state index is 10.3. The molecule has 1 N–H and O–H groups in total. The molecule has 4 heteroatoms. The van der Waals surface area contributed by atoms with Crippen molar-refractivity contribution in [1.82, 2.24) is 0 Å². The molecule has 2 unspecified atom stereocenters. The molecule has 2 atom stereocenters. The molecule has 0 saturated heterocycles. The molecule has 0 bridgehead atoms. The molecule has 2 rings (SSSR count). The van der Waals surface area contributed by atoms with Crippen molar-refractivity contribution in [3.63, 3.8) is 0 Å². The number of azide groups is 1. The highest BCUT2D eigenvalue weighted by molar-refractivity contribution is 5.26. The van der Waals surface area contributed by atoms with Gasteiger partial charge in [-0.2, -0.15) is 0 Å². The van der Waals surface area contributed by atoms with Crippen LogP contribution in [0, 0.1) is 0 Å². The molecule has 0 aliphatic heterocycles. The van der Waals surface area contributed by atoms with E-state index in [1.54, 1.807) is 0 Å². The summed E-state index contributed by atoms with van der Waals surface area (Å²) in [4.78, 5) is 2.82. The van der Waals surface area contributed by atoms with Crippen LogP contribution in [0.3, 0.4) is 0 Å². The van der Waals surface area contributed by atoms with Crippen molar-refractivity contribution in [3.05, 3.63) is 82.2 Å². The second-order valence-corrected chi connectivity index (χ2v) is 3.92. The fraction of sp³-hybridized carbons (Fsp3) is 0.143. The van der Waals surface area contributed by atoms with Crippen molar-refractivity contribution in [2.75, 3.05) is 0 Å². The third kappa shape index (κ3) is 2.69. The van der Waals surface area contributed by atoms with E-state index < -0.39 is 12.1 Å². The Labute approximate surface area is 105 Å². The first kappa shape index (κ1) is 12.2. The second-order valence-electron chi connectivity index (χ2n) is 3.92. The lowest BCUT2D eigenvalue weighted by atomic mass is 9.97. The van der Waals surface area contributed by atoms with E-state index in [2.05, 4.69) is 10.0 Å². The van der Waals surface area contributed by atoms with E-state index in [1.165, 1.54) is 0 Å². The number of aliphatic hydroxyl groups excluding tert-OH is 1. The van der Waals surface area contributed by atoms with Crippen LogP contribution in [0.5, 0.6) is 0 Å². The summed E-state index contributed by atoms with van der Waals surface area (Å²) in [6.45, 7) is 0. The molecule has 0 aliphatic carbocycles. The third-order valence-electron chi connectivity index (χ3n) is 2.76. The van der Waals surface area contributed by atoms with Crippen LogP contribution in [0.1, 0.15) is 23.3 Å². The van der Waals surface area contributed by atoms with Crippen molar-refractivity contribution < 1.29 is 5.11 Å². The zero-order chi connectivity index (χ0) is 12.8. The molecule has 0 aliphatic rings. The quantitative estimate of drug-likeness (QED) is 0.492. The first-order valence-corrected chi connectivity index (χ1v) is 5.65. The monoisotopic (exact) mass is 239 g/mol. The number of rotatable bonds is 4. The molecule has 90 valence electrons. The van der Waals surface area contributed by atoms with Crippen molar-refractivity contribution in [1.29, 1.82) is 0 Å². The fourth-order valence-electron chi connectivity index (χ4n) is 1.85. The van der Waals surface area contributed by atoms with E-state index in [9.17, 15) is 5.11 Å². The maximum absolute atomic E-state index is 10.3. The molecule has 0 heterocycles. The minimum Gasteiger partial charge on any atom is -0.388 e. The van der Waals surface area contributed by atoms with Gasteiger partial charge in [0.2, 0.25) is 0 Å². The summed E-state index contributed by atoms with van der Waals surface area (Å²) in [5, 5.41) is 14.0. The van der Waals surface area contributed by atoms with Crippen molar-refractivity contribution in [3.8, 4) is 0 Å². The van der Waals surface area contributed by atoms with Crippen molar-refractivity contribution in [2.24, 2.45) is 5.11 Å². The Bertz CT molecular complexity index is 535. The Morgan fingerprint density at radius 2 is 1.39 bits per heavy atom. The van der Waals surface area contributed by atoms with E-state index in [1.807, 2.05) is 60.7 Å². The summed E-state index contributed by atoms with van der Waals surface area (Å²) in [7, 11) is 0. The molecule has 0 spiro atoms. The van der Waals surface area contributed by atoms with Gasteiger partial charge in [0.25, 0.3) is 0 Å². The molecule has 2 aromatic rings. The highest BCUT2D eigenvalue weighted by Gasteiger charge is 2.21. The number of benzene rings is 2. The van der Waals surface area contributed by atoms with E-state index in [0.717, 1.165) is 11.1 Å². The highest BCUT2D eigenvalue weighted by atomic mass is 16.3. The van der Waals surface area contributed by atoms with Crippen molar-refractivity contribution >= 4 is 0 Å². The van der Waals surface area contributed by atoms with Gasteiger partial charge in [0.05, 0.1) is 12.1 Å². The molecule has 18 heavy (non-hydrogen) atoms. The zero-order valence-corrected chi connectivity index (χ0v) is 9.72. The van der Waals surface area contributed by atoms with Gasteiger partial charge in [-0.15, -0.1) is 0 Å². The summed E-state index contributed by atoms with van der Waals surface area (Å²) in [6.07, 6.45) is -0.843. The largest absolute Gasteiger partial charge is 0.388 e. The van der Waals surface area contributed by atoms with Gasteiger partial charge in [-0.1, -0.05) is 65.8 Å². The lowest BCUT2D eigenvalue weighted by Crippen LogP contribution is -2.08. The smallest absolute Gasteiger partial charge is 0.0926 e. The van der Waals surface area contributed by atoms with Crippen LogP contribution in [0.15, 0.2) is 65.8 Å². The van der Waals surface area contributed by atoms with Gasteiger partial charge in [0.1, 0.15) is 0 Å². The fourth-order valence-corrected chi connectivity index (χ4v) is 1.85. The van der Waals surface area contributed by atoms with Gasteiger partial charge in [-0.05, 0) is 16.7 Å². The number of aliphatic hydroxyl groups is 1. The highest BCUT2D eigenvalue weighted by Crippen LogP contribution is 2.31. The van der Waals surface area contributed by atoms with Gasteiger partial charge in [-0.25, -0.2) is 0 Å². The second kappa shape index (κ2) is 5.87. The van der Waals surface area contributed by atoms with Gasteiger partial charge in [0.15, 0.2) is 0 Å². The summed E-state index contributed by atoms with van der Waals surface area (Å²) in [5.74, 6) is 0. The predicted octanol–water partition coefficient (Wildman–Crippen LogP) is 3.77. The number of nitrogens with zero attached hydrogens (tertiary/aromatic N) is 3. The predicted molar refractivity (Wildman–Crippen MR) is 69.7 cm³/mol. The number of hydrogen-bond donors (Lipinski definition) is 1. The van der Waals surface area contributed by atoms with Crippen molar-refractivity contribution in [2.45, 2.75) is 12.1 Å². The Balaban J connectivity index is 2.35. The van der Waals surface area contributed by atoms with Crippen LogP contribution in [0.4, 0.5) is 0 Å². The summed E-state index contributed by atoms with van der Waals surface area (Å²) in [5.41, 5.74) is 10.2. The SMILES string of the molecule is [N-]=[N+]=NC(c1ccccc1)C(O)c1ccccc1. The number of hydrogen-bond acceptors (Lipinski definition) is 2. The van der Waals surface area contributed by atoms with Crippen LogP contribution >= 0.6 is 0 Å². The Kier molecular flexibility index (Phi) is 3.97. The topological polar surface area (TPSA) is 69.0 Å². The average molecular weight is 239 g/mol. The molecule has 0 radical (unpaired) electrons. The minimum atomic E-state index is -0.843. The Hall–Kier alpha value is -2.29. The van der Waals surface area contributed by atoms with E-state index in [0.29, 0.717) is 0 Å². The lowest BCUT2D eigenvalue weighted by molar-refractivity contribution is 0.147. The third-order valence-corrected chi connectivity index (χ3v) is 2.76. The van der Waals surface area contributed by atoms with Gasteiger partial charge in [0, 0.05) is 4.91 Å². The van der Waals surface area contributed by atoms with Gasteiger partial charge >= 0.3 is 0 Å². The Morgan fingerprint density at radius 1 is 0.889 bits per heavy atom. The lowest BCUT2D eigenvalue weighted by Gasteiger charge is -2.19. The minimum absolute atomic E-state index is 0.612. The molecule has 0 fully saturated rings. The van der Waals surface area contributed by atoms with E-state index in [-0.39, 0.29) is 0 Å². The molecular formula is C14H13N3O. The average Bonchev–Trinajstić information content (AvgIpc) is 2.46. The zero-order valence-electron chi connectivity index (χ0n) is 9.72. The molecular weight excluding hydrogens is 226 g/mol. The van der Waals surface area contributed by atoms with Gasteiger partial charge < -0.3 is 5.11 Å². The Morgan fingerprint density at radius 3 is 1.89 bits per heavy atom. The molecule has 4 nitrogen and oxygen atoms in total. The standard InChI is InChI=1S/C14H13N3O/c15-17-16-13(11-7-3-1-4-8-11)14(18)12-9-5-2-6-10-12/h1-10,13-14,18H. The summed E-state index contributed by atoms with van der Waals surface area (Å²) < 4.78 is 0. The summed E-state index contributed by atoms with van der Waals surface area (Å²) in [6, 6.07) is 17.8. The molecule has 2 aromatic carbocycles. The van der Waals surface area contributed by atoms with E-state index >= 15 is 0 Å². The first-order valence-electron chi connectivity index (χ1n) is 5.65. The molecule has 0 saturated carbocycles. The van der Waals surface area contributed by atoms with E-state index in [4.69, 9.17) is 5.53 Å². The van der Waals surface area contributed by atoms with Crippen LogP contribution in [-0.2, 0) is 0 Å². The molecule has 0 aromatic heterocycles. The normalized spacial score (nSPS) is 13.4. The maximum Gasteiger partial charge on any atom is 0.0926 e. The van der Waals surface area contributed by atoms with Crippen LogP contribution in [0.25, 0.3) is 10.4 Å². The first-order chi connectivity index (χ1) is 8.83. The van der Waals surface area contributed by atoms with Gasteiger partial charge in [-0.3, -0.25) is 0 Å². The molecule has 0 amide bonds. The summed E-state index contributed by atoms with van der Waals surface area (Å²) >= 11 is 0. The van der Waals surface area contributed by atoms with Crippen LogP contribution in [0.2, 0.25) is 0 Å². The van der Waals surface area contributed by atoms with Crippen LogP contribution < -0.4 is 0 Å².